The van der Waals surface area contributed by atoms with Crippen LogP contribution in [0.1, 0.15) is 23.7 Å². The van der Waals surface area contributed by atoms with Crippen LogP contribution in [0.2, 0.25) is 0 Å². The van der Waals surface area contributed by atoms with Gasteiger partial charge in [0.2, 0.25) is 0 Å². The highest BCUT2D eigenvalue weighted by Crippen LogP contribution is 2.19. The summed E-state index contributed by atoms with van der Waals surface area (Å²) in [4.78, 5) is 17.4. The molecule has 0 fully saturated rings. The number of ketones is 1. The van der Waals surface area contributed by atoms with Crippen molar-refractivity contribution < 1.29 is 14.7 Å². The van der Waals surface area contributed by atoms with Crippen LogP contribution in [-0.2, 0) is 0 Å². The number of pyridine rings is 1. The number of hydrazine groups is 1. The Morgan fingerprint density at radius 1 is 1.20 bits per heavy atom. The SMILES string of the molecule is CC(=O)c1ccc(NN(O)c2ccc(OCCCN(C)C)cc2)nc1. The highest BCUT2D eigenvalue weighted by atomic mass is 16.5. The standard InChI is InChI=1S/C18H24N4O3/c1-14(23)15-5-10-18(19-13-15)20-22(24)16-6-8-17(9-7-16)25-12-4-11-21(2)3/h5-10,13,24H,4,11-12H2,1-3H3,(H,19,20). The summed E-state index contributed by atoms with van der Waals surface area (Å²) in [7, 11) is 4.06. The number of nitrogens with one attached hydrogen (secondary N) is 1. The molecule has 0 saturated heterocycles. The van der Waals surface area contributed by atoms with E-state index < -0.39 is 0 Å². The monoisotopic (exact) mass is 344 g/mol. The minimum Gasteiger partial charge on any atom is -0.494 e. The van der Waals surface area contributed by atoms with Gasteiger partial charge in [-0.2, -0.15) is 5.17 Å². The van der Waals surface area contributed by atoms with Crippen LogP contribution >= 0.6 is 0 Å². The van der Waals surface area contributed by atoms with Crippen molar-refractivity contribution in [3.8, 4) is 5.75 Å². The molecule has 0 radical (unpaired) electrons. The number of benzene rings is 1. The summed E-state index contributed by atoms with van der Waals surface area (Å²) in [5, 5.41) is 11.0. The Kier molecular flexibility index (Phi) is 6.73. The molecule has 25 heavy (non-hydrogen) atoms. The lowest BCUT2D eigenvalue weighted by molar-refractivity contribution is 0.101. The lowest BCUT2D eigenvalue weighted by Gasteiger charge is -2.18. The summed E-state index contributed by atoms with van der Waals surface area (Å²) in [5.74, 6) is 1.12. The molecule has 1 aromatic carbocycles. The Hall–Kier alpha value is -2.64. The van der Waals surface area contributed by atoms with E-state index in [1.54, 1.807) is 36.4 Å². The Bertz CT molecular complexity index is 672. The van der Waals surface area contributed by atoms with Crippen LogP contribution in [0.4, 0.5) is 11.5 Å². The Labute approximate surface area is 147 Å². The Morgan fingerprint density at radius 2 is 1.92 bits per heavy atom. The summed E-state index contributed by atoms with van der Waals surface area (Å²) in [5.41, 5.74) is 3.79. The molecule has 7 nitrogen and oxygen atoms in total. The average molecular weight is 344 g/mol. The largest absolute Gasteiger partial charge is 0.494 e. The van der Waals surface area contributed by atoms with Crippen LogP contribution in [0.15, 0.2) is 42.6 Å². The molecule has 134 valence electrons. The fraction of sp³-hybridized carbons (Fsp3) is 0.333. The first kappa shape index (κ1) is 18.7. The molecule has 0 aliphatic heterocycles. The van der Waals surface area contributed by atoms with Gasteiger partial charge in [0, 0.05) is 18.3 Å². The van der Waals surface area contributed by atoms with Crippen molar-refractivity contribution in [1.29, 1.82) is 0 Å². The summed E-state index contributed by atoms with van der Waals surface area (Å²) in [6.45, 7) is 3.10. The van der Waals surface area contributed by atoms with Gasteiger partial charge in [-0.15, -0.1) is 0 Å². The number of hydrogen-bond donors (Lipinski definition) is 2. The minimum absolute atomic E-state index is 0.0546. The van der Waals surface area contributed by atoms with Crippen LogP contribution < -0.4 is 15.3 Å². The van der Waals surface area contributed by atoms with E-state index >= 15 is 0 Å². The van der Waals surface area contributed by atoms with E-state index in [-0.39, 0.29) is 5.78 Å². The molecule has 0 bridgehead atoms. The number of aromatic nitrogens is 1. The minimum atomic E-state index is -0.0546. The van der Waals surface area contributed by atoms with E-state index in [4.69, 9.17) is 4.74 Å². The van der Waals surface area contributed by atoms with Gasteiger partial charge in [0.25, 0.3) is 0 Å². The van der Waals surface area contributed by atoms with E-state index in [1.165, 1.54) is 13.1 Å². The molecule has 7 heteroatoms. The number of nitrogens with zero attached hydrogens (tertiary/aromatic N) is 3. The van der Waals surface area contributed by atoms with Crippen molar-refractivity contribution in [3.63, 3.8) is 0 Å². The second kappa shape index (κ2) is 9.00. The maximum Gasteiger partial charge on any atom is 0.161 e. The van der Waals surface area contributed by atoms with E-state index in [1.807, 2.05) is 14.1 Å². The molecule has 0 saturated carbocycles. The molecule has 0 aliphatic rings. The first-order valence-electron chi connectivity index (χ1n) is 8.06. The van der Waals surface area contributed by atoms with Crippen LogP contribution in [0, 0.1) is 0 Å². The third-order valence-corrected chi connectivity index (χ3v) is 3.49. The molecular formula is C18H24N4O3. The zero-order chi connectivity index (χ0) is 18.2. The zero-order valence-electron chi connectivity index (χ0n) is 14.8. The quantitative estimate of drug-likeness (QED) is 0.411. The summed E-state index contributed by atoms with van der Waals surface area (Å²) in [6, 6.07) is 10.3. The lowest BCUT2D eigenvalue weighted by atomic mass is 10.2. The van der Waals surface area contributed by atoms with Crippen molar-refractivity contribution >= 4 is 17.3 Å². The highest BCUT2D eigenvalue weighted by molar-refractivity contribution is 5.93. The second-order valence-corrected chi connectivity index (χ2v) is 5.91. The molecule has 1 aromatic heterocycles. The average Bonchev–Trinajstić information content (AvgIpc) is 2.59. The van der Waals surface area contributed by atoms with Crippen LogP contribution in [0.3, 0.4) is 0 Å². The molecule has 2 N–H and O–H groups in total. The smallest absolute Gasteiger partial charge is 0.161 e. The van der Waals surface area contributed by atoms with Gasteiger partial charge >= 0.3 is 0 Å². The normalized spacial score (nSPS) is 10.6. The number of carbonyl (C=O) groups is 1. The fourth-order valence-corrected chi connectivity index (χ4v) is 2.10. The maximum atomic E-state index is 11.2. The molecule has 0 aliphatic carbocycles. The van der Waals surface area contributed by atoms with E-state index in [0.29, 0.717) is 23.7 Å². The van der Waals surface area contributed by atoms with Gasteiger partial charge in [-0.05, 0) is 63.8 Å². The molecule has 0 unspecified atom stereocenters. The van der Waals surface area contributed by atoms with Crippen LogP contribution in [-0.4, -0.2) is 48.1 Å². The van der Waals surface area contributed by atoms with Gasteiger partial charge in [-0.25, -0.2) is 4.98 Å². The van der Waals surface area contributed by atoms with Gasteiger partial charge in [-0.3, -0.25) is 15.4 Å². The number of carbonyl (C=O) groups excluding carboxylic acids is 1. The van der Waals surface area contributed by atoms with Crippen molar-refractivity contribution in [1.82, 2.24) is 9.88 Å². The van der Waals surface area contributed by atoms with Gasteiger partial charge in [0.15, 0.2) is 5.78 Å². The van der Waals surface area contributed by atoms with Crippen molar-refractivity contribution in [2.75, 3.05) is 37.8 Å². The zero-order valence-corrected chi connectivity index (χ0v) is 14.8. The summed E-state index contributed by atoms with van der Waals surface area (Å²) < 4.78 is 5.65. The van der Waals surface area contributed by atoms with E-state index in [9.17, 15) is 10.0 Å². The molecule has 0 spiro atoms. The molecule has 2 aromatic rings. The molecule has 0 amide bonds. The maximum absolute atomic E-state index is 11.2. The number of Topliss-reactive ketones (excluding diaryl/α,β-unsaturated/α-hetero) is 1. The molecule has 1 heterocycles. The van der Waals surface area contributed by atoms with Crippen molar-refractivity contribution in [3.05, 3.63) is 48.2 Å². The Morgan fingerprint density at radius 3 is 2.48 bits per heavy atom. The first-order valence-corrected chi connectivity index (χ1v) is 8.06. The second-order valence-electron chi connectivity index (χ2n) is 5.91. The van der Waals surface area contributed by atoms with E-state index in [0.717, 1.165) is 23.9 Å². The third kappa shape index (κ3) is 6.06. The van der Waals surface area contributed by atoms with Crippen molar-refractivity contribution in [2.45, 2.75) is 13.3 Å². The van der Waals surface area contributed by atoms with Gasteiger partial charge in [0.1, 0.15) is 11.6 Å². The summed E-state index contributed by atoms with van der Waals surface area (Å²) in [6.07, 6.45) is 2.41. The predicted molar refractivity (Wildman–Crippen MR) is 97.2 cm³/mol. The van der Waals surface area contributed by atoms with Gasteiger partial charge < -0.3 is 9.64 Å². The van der Waals surface area contributed by atoms with Crippen LogP contribution in [0.25, 0.3) is 0 Å². The van der Waals surface area contributed by atoms with Crippen LogP contribution in [0.5, 0.6) is 5.75 Å². The third-order valence-electron chi connectivity index (χ3n) is 3.49. The predicted octanol–water partition coefficient (Wildman–Crippen LogP) is 2.84. The molecule has 2 rings (SSSR count). The highest BCUT2D eigenvalue weighted by Gasteiger charge is 2.06. The lowest BCUT2D eigenvalue weighted by Crippen LogP contribution is -2.26. The van der Waals surface area contributed by atoms with Gasteiger partial charge in [0.05, 0.1) is 12.3 Å². The topological polar surface area (TPSA) is 77.9 Å². The Balaban J connectivity index is 1.87. The van der Waals surface area contributed by atoms with E-state index in [2.05, 4.69) is 15.3 Å². The van der Waals surface area contributed by atoms with Gasteiger partial charge in [-0.1, -0.05) is 0 Å². The number of anilines is 2. The molecular weight excluding hydrogens is 320 g/mol. The molecule has 0 atom stereocenters. The number of ether oxygens (including phenoxy) is 1. The summed E-state index contributed by atoms with van der Waals surface area (Å²) >= 11 is 0. The number of rotatable bonds is 9. The first-order chi connectivity index (χ1) is 12.0. The number of hydrogen-bond acceptors (Lipinski definition) is 7. The van der Waals surface area contributed by atoms with Crippen molar-refractivity contribution in [2.24, 2.45) is 0 Å². The fourth-order valence-electron chi connectivity index (χ4n) is 2.10.